The molecular formula is C9H20N3. The third-order valence-electron chi connectivity index (χ3n) is 2.90. The summed E-state index contributed by atoms with van der Waals surface area (Å²) in [5.41, 5.74) is 0.0347. The predicted molar refractivity (Wildman–Crippen MR) is 51.6 cm³/mol. The Balaban J connectivity index is 2.66. The molecule has 0 amide bonds. The van der Waals surface area contributed by atoms with Gasteiger partial charge in [-0.25, -0.2) is 0 Å². The predicted octanol–water partition coefficient (Wildman–Crippen LogP) is 0.447. The highest BCUT2D eigenvalue weighted by Crippen LogP contribution is 2.30. The van der Waals surface area contributed by atoms with E-state index in [0.717, 1.165) is 0 Å². The fourth-order valence-corrected chi connectivity index (χ4v) is 2.07. The maximum Gasteiger partial charge on any atom is 0.0888 e. The van der Waals surface area contributed by atoms with Crippen LogP contribution in [0.1, 0.15) is 25.7 Å². The third kappa shape index (κ3) is 1.63. The van der Waals surface area contributed by atoms with Gasteiger partial charge in [-0.15, -0.1) is 0 Å². The molecule has 1 aliphatic rings. The van der Waals surface area contributed by atoms with Crippen LogP contribution in [0.5, 0.6) is 0 Å². The second kappa shape index (κ2) is 4.21. The van der Waals surface area contributed by atoms with Gasteiger partial charge in [-0.3, -0.25) is 0 Å². The highest BCUT2D eigenvalue weighted by Gasteiger charge is 2.37. The van der Waals surface area contributed by atoms with Crippen LogP contribution < -0.4 is 16.0 Å². The van der Waals surface area contributed by atoms with Crippen molar-refractivity contribution in [3.63, 3.8) is 0 Å². The van der Waals surface area contributed by atoms with Gasteiger partial charge >= 0.3 is 0 Å². The van der Waals surface area contributed by atoms with Crippen LogP contribution in [0.2, 0.25) is 0 Å². The van der Waals surface area contributed by atoms with Gasteiger partial charge in [-0.1, -0.05) is 12.8 Å². The van der Waals surface area contributed by atoms with E-state index in [1.807, 2.05) is 21.1 Å². The molecule has 3 nitrogen and oxygen atoms in total. The van der Waals surface area contributed by atoms with Crippen molar-refractivity contribution in [2.75, 3.05) is 21.1 Å². The quantitative estimate of drug-likeness (QED) is 0.538. The van der Waals surface area contributed by atoms with Crippen LogP contribution in [0, 0.1) is 6.04 Å². The summed E-state index contributed by atoms with van der Waals surface area (Å²) in [6, 6.07) is 1.39. The van der Waals surface area contributed by atoms with Crippen molar-refractivity contribution in [3.8, 4) is 0 Å². The van der Waals surface area contributed by atoms with Gasteiger partial charge in [0.05, 0.1) is 11.7 Å². The molecular weight excluding hydrogens is 150 g/mol. The summed E-state index contributed by atoms with van der Waals surface area (Å²) >= 11 is 0. The maximum atomic E-state index is 3.36. The first-order valence-corrected chi connectivity index (χ1v) is 4.71. The second-order valence-corrected chi connectivity index (χ2v) is 3.34. The number of rotatable bonds is 3. The Morgan fingerprint density at radius 2 is 1.75 bits per heavy atom. The molecule has 0 atom stereocenters. The average molecular weight is 170 g/mol. The summed E-state index contributed by atoms with van der Waals surface area (Å²) in [6.07, 6.45) is 4.96. The SMILES string of the molecule is CN[C]1CCCCC1(NC)NC. The molecule has 71 valence electrons. The minimum Gasteiger partial charge on any atom is -0.310 e. The molecule has 1 saturated carbocycles. The van der Waals surface area contributed by atoms with Gasteiger partial charge in [0.25, 0.3) is 0 Å². The molecule has 12 heavy (non-hydrogen) atoms. The van der Waals surface area contributed by atoms with E-state index in [9.17, 15) is 0 Å². The molecule has 1 aliphatic carbocycles. The highest BCUT2D eigenvalue weighted by molar-refractivity contribution is 5.10. The molecule has 0 saturated heterocycles. The first-order chi connectivity index (χ1) is 5.79. The van der Waals surface area contributed by atoms with Gasteiger partial charge in [-0.2, -0.15) is 0 Å². The lowest BCUT2D eigenvalue weighted by molar-refractivity contribution is 0.219. The van der Waals surface area contributed by atoms with Crippen molar-refractivity contribution in [2.45, 2.75) is 31.3 Å². The number of hydrogen-bond donors (Lipinski definition) is 3. The monoisotopic (exact) mass is 170 g/mol. The smallest absolute Gasteiger partial charge is 0.0888 e. The summed E-state index contributed by atoms with van der Waals surface area (Å²) in [5, 5.41) is 10.0. The van der Waals surface area contributed by atoms with E-state index in [-0.39, 0.29) is 5.66 Å². The summed E-state index contributed by atoms with van der Waals surface area (Å²) in [6.45, 7) is 0. The van der Waals surface area contributed by atoms with Crippen LogP contribution in [0.4, 0.5) is 0 Å². The largest absolute Gasteiger partial charge is 0.310 e. The first kappa shape index (κ1) is 9.96. The number of hydrogen-bond acceptors (Lipinski definition) is 3. The van der Waals surface area contributed by atoms with Gasteiger partial charge in [0, 0.05) is 0 Å². The Kier molecular flexibility index (Phi) is 3.50. The minimum atomic E-state index is 0.0347. The van der Waals surface area contributed by atoms with Crippen molar-refractivity contribution < 1.29 is 0 Å². The normalized spacial score (nSPS) is 24.2. The van der Waals surface area contributed by atoms with Gasteiger partial charge in [-0.05, 0) is 34.0 Å². The van der Waals surface area contributed by atoms with E-state index >= 15 is 0 Å². The van der Waals surface area contributed by atoms with Crippen molar-refractivity contribution in [1.82, 2.24) is 16.0 Å². The lowest BCUT2D eigenvalue weighted by atomic mass is 9.84. The zero-order chi connectivity index (χ0) is 9.03. The molecule has 0 spiro atoms. The Labute approximate surface area is 75.3 Å². The molecule has 0 unspecified atom stereocenters. The van der Waals surface area contributed by atoms with E-state index < -0.39 is 0 Å². The van der Waals surface area contributed by atoms with E-state index in [1.54, 1.807) is 0 Å². The summed E-state index contributed by atoms with van der Waals surface area (Å²) in [5.74, 6) is 0. The van der Waals surface area contributed by atoms with E-state index in [4.69, 9.17) is 0 Å². The first-order valence-electron chi connectivity index (χ1n) is 4.71. The molecule has 0 aliphatic heterocycles. The van der Waals surface area contributed by atoms with Crippen molar-refractivity contribution in [3.05, 3.63) is 6.04 Å². The van der Waals surface area contributed by atoms with Gasteiger partial charge < -0.3 is 16.0 Å². The average Bonchev–Trinajstić information content (AvgIpc) is 2.17. The van der Waals surface area contributed by atoms with Gasteiger partial charge in [0.15, 0.2) is 0 Å². The molecule has 1 fully saturated rings. The Morgan fingerprint density at radius 3 is 2.17 bits per heavy atom. The Hall–Kier alpha value is -0.120. The van der Waals surface area contributed by atoms with E-state index in [0.29, 0.717) is 0 Å². The molecule has 0 bridgehead atoms. The molecule has 0 aromatic rings. The molecule has 1 rings (SSSR count). The topological polar surface area (TPSA) is 36.1 Å². The van der Waals surface area contributed by atoms with E-state index in [1.165, 1.54) is 31.7 Å². The Morgan fingerprint density at radius 1 is 1.08 bits per heavy atom. The fraction of sp³-hybridized carbons (Fsp3) is 0.889. The van der Waals surface area contributed by atoms with Crippen LogP contribution >= 0.6 is 0 Å². The molecule has 0 heterocycles. The summed E-state index contributed by atoms with van der Waals surface area (Å²) in [4.78, 5) is 0. The zero-order valence-electron chi connectivity index (χ0n) is 8.33. The molecule has 0 aromatic heterocycles. The number of nitrogens with one attached hydrogen (secondary N) is 3. The standard InChI is InChI=1S/C9H20N3/c1-10-8-6-4-5-7-9(8,11-2)12-3/h10-12H,4-7H2,1-3H3. The van der Waals surface area contributed by atoms with Crippen LogP contribution in [0.15, 0.2) is 0 Å². The summed E-state index contributed by atoms with van der Waals surface area (Å²) in [7, 11) is 6.03. The van der Waals surface area contributed by atoms with Gasteiger partial charge in [0.1, 0.15) is 0 Å². The summed E-state index contributed by atoms with van der Waals surface area (Å²) < 4.78 is 0. The van der Waals surface area contributed by atoms with Crippen LogP contribution in [-0.4, -0.2) is 26.8 Å². The lowest BCUT2D eigenvalue weighted by Gasteiger charge is -2.43. The van der Waals surface area contributed by atoms with Crippen LogP contribution in [0.3, 0.4) is 0 Å². The van der Waals surface area contributed by atoms with Crippen molar-refractivity contribution >= 4 is 0 Å². The van der Waals surface area contributed by atoms with Crippen LogP contribution in [0.25, 0.3) is 0 Å². The van der Waals surface area contributed by atoms with Crippen molar-refractivity contribution in [1.29, 1.82) is 0 Å². The molecule has 1 radical (unpaired) electrons. The van der Waals surface area contributed by atoms with Crippen LogP contribution in [-0.2, 0) is 0 Å². The zero-order valence-corrected chi connectivity index (χ0v) is 8.33. The lowest BCUT2D eigenvalue weighted by Crippen LogP contribution is -2.62. The highest BCUT2D eigenvalue weighted by atomic mass is 15.2. The molecule has 3 heteroatoms. The maximum absolute atomic E-state index is 3.36. The fourth-order valence-electron chi connectivity index (χ4n) is 2.07. The van der Waals surface area contributed by atoms with Crippen molar-refractivity contribution in [2.24, 2.45) is 0 Å². The molecule has 0 aromatic carbocycles. The van der Waals surface area contributed by atoms with Gasteiger partial charge in [0.2, 0.25) is 0 Å². The third-order valence-corrected chi connectivity index (χ3v) is 2.90. The minimum absolute atomic E-state index is 0.0347. The van der Waals surface area contributed by atoms with E-state index in [2.05, 4.69) is 16.0 Å². The Bertz CT molecular complexity index is 132. The second-order valence-electron chi connectivity index (χ2n) is 3.34. The number of likely N-dealkylation sites (N-methyl/N-ethyl adjacent to an activating group) is 3. The molecule has 3 N–H and O–H groups in total.